The standard InChI is InChI=1S/C26H28N4O4/c31-25-19-5-6-23(33-17-7-13-32-14-8-17)20(16-30-11-9-27-10-12-30)26(19)34-24(25)15-22-18-3-1-2-4-21(18)28-29-22/h1-6,15,17,27,31H,7-14,16H2. The lowest BCUT2D eigenvalue weighted by Crippen LogP contribution is -2.43. The number of fused-ring (bicyclic) bond motifs is 2. The van der Waals surface area contributed by atoms with Crippen molar-refractivity contribution in [3.63, 3.8) is 0 Å². The van der Waals surface area contributed by atoms with Crippen LogP contribution in [0.1, 0.15) is 29.7 Å². The summed E-state index contributed by atoms with van der Waals surface area (Å²) in [5.41, 5.74) is 4.05. The largest absolute Gasteiger partial charge is 0.504 e. The molecule has 8 heteroatoms. The quantitative estimate of drug-likeness (QED) is 0.574. The first-order valence-corrected chi connectivity index (χ1v) is 11.9. The highest BCUT2D eigenvalue weighted by atomic mass is 16.5. The first-order valence-electron chi connectivity index (χ1n) is 11.9. The Morgan fingerprint density at radius 2 is 1.91 bits per heavy atom. The first-order chi connectivity index (χ1) is 16.8. The van der Waals surface area contributed by atoms with Crippen LogP contribution >= 0.6 is 0 Å². The van der Waals surface area contributed by atoms with Crippen LogP contribution in [-0.4, -0.2) is 55.5 Å². The van der Waals surface area contributed by atoms with Crippen molar-refractivity contribution >= 4 is 28.4 Å². The number of hydrogen-bond donors (Lipinski definition) is 2. The Labute approximate surface area is 197 Å². The summed E-state index contributed by atoms with van der Waals surface area (Å²) in [5.74, 6) is 1.31. The summed E-state index contributed by atoms with van der Waals surface area (Å²) in [6, 6.07) is 11.6. The van der Waals surface area contributed by atoms with Gasteiger partial charge < -0.3 is 24.3 Å². The van der Waals surface area contributed by atoms with Crippen molar-refractivity contribution in [2.24, 2.45) is 10.2 Å². The van der Waals surface area contributed by atoms with E-state index in [1.807, 2.05) is 36.4 Å². The summed E-state index contributed by atoms with van der Waals surface area (Å²) in [6.07, 6.45) is 3.62. The average Bonchev–Trinajstić information content (AvgIpc) is 3.43. The molecule has 0 saturated carbocycles. The van der Waals surface area contributed by atoms with Crippen LogP contribution in [0.15, 0.2) is 51.0 Å². The minimum Gasteiger partial charge on any atom is -0.504 e. The molecule has 3 aliphatic heterocycles. The van der Waals surface area contributed by atoms with Gasteiger partial charge in [-0.2, -0.15) is 0 Å². The van der Waals surface area contributed by atoms with E-state index in [1.54, 1.807) is 6.08 Å². The molecular weight excluding hydrogens is 432 g/mol. The van der Waals surface area contributed by atoms with Gasteiger partial charge in [0.2, 0.25) is 0 Å². The number of hydrogen-bond acceptors (Lipinski definition) is 8. The minimum absolute atomic E-state index is 0.112. The topological polar surface area (TPSA) is 91.8 Å². The number of piperazine rings is 1. The fourth-order valence-electron chi connectivity index (χ4n) is 4.80. The Hall–Kier alpha value is -3.20. The Morgan fingerprint density at radius 3 is 2.76 bits per heavy atom. The van der Waals surface area contributed by atoms with E-state index in [-0.39, 0.29) is 11.9 Å². The van der Waals surface area contributed by atoms with E-state index >= 15 is 0 Å². The summed E-state index contributed by atoms with van der Waals surface area (Å²) >= 11 is 0. The number of azo groups is 1. The van der Waals surface area contributed by atoms with Crippen molar-refractivity contribution in [3.8, 4) is 11.5 Å². The van der Waals surface area contributed by atoms with Crippen molar-refractivity contribution in [1.29, 1.82) is 0 Å². The molecule has 176 valence electrons. The Balaban J connectivity index is 1.40. The molecule has 3 aromatic rings. The number of nitrogens with one attached hydrogen (secondary N) is 1. The second-order valence-corrected chi connectivity index (χ2v) is 8.94. The van der Waals surface area contributed by atoms with Gasteiger partial charge in [-0.05, 0) is 18.2 Å². The lowest BCUT2D eigenvalue weighted by Gasteiger charge is -2.29. The first kappa shape index (κ1) is 21.3. The molecule has 0 aliphatic carbocycles. The van der Waals surface area contributed by atoms with Crippen LogP contribution in [0, 0.1) is 0 Å². The lowest BCUT2D eigenvalue weighted by atomic mass is 10.1. The molecule has 2 saturated heterocycles. The molecule has 1 aromatic heterocycles. The second-order valence-electron chi connectivity index (χ2n) is 8.94. The maximum Gasteiger partial charge on any atom is 0.172 e. The van der Waals surface area contributed by atoms with Crippen molar-refractivity contribution in [2.75, 3.05) is 39.4 Å². The maximum absolute atomic E-state index is 11.0. The number of benzene rings is 2. The molecule has 2 N–H and O–H groups in total. The molecule has 4 heterocycles. The molecule has 0 spiro atoms. The van der Waals surface area contributed by atoms with Crippen LogP contribution in [0.25, 0.3) is 22.7 Å². The summed E-state index contributed by atoms with van der Waals surface area (Å²) < 4.78 is 18.3. The van der Waals surface area contributed by atoms with Crippen LogP contribution in [-0.2, 0) is 11.3 Å². The molecule has 2 fully saturated rings. The van der Waals surface area contributed by atoms with Gasteiger partial charge in [0.25, 0.3) is 0 Å². The fourth-order valence-corrected chi connectivity index (χ4v) is 4.80. The lowest BCUT2D eigenvalue weighted by molar-refractivity contribution is 0.0249. The Bertz CT molecular complexity index is 1250. The van der Waals surface area contributed by atoms with Crippen LogP contribution in [0.2, 0.25) is 0 Å². The van der Waals surface area contributed by atoms with Crippen LogP contribution in [0.5, 0.6) is 11.5 Å². The van der Waals surface area contributed by atoms with Gasteiger partial charge in [0.15, 0.2) is 11.5 Å². The van der Waals surface area contributed by atoms with Gasteiger partial charge >= 0.3 is 0 Å². The monoisotopic (exact) mass is 460 g/mol. The predicted octanol–water partition coefficient (Wildman–Crippen LogP) is 4.70. The summed E-state index contributed by atoms with van der Waals surface area (Å²) in [6.45, 7) is 5.95. The predicted molar refractivity (Wildman–Crippen MR) is 129 cm³/mol. The zero-order valence-electron chi connectivity index (χ0n) is 19.0. The van der Waals surface area contributed by atoms with Gasteiger partial charge in [-0.15, -0.1) is 10.2 Å². The van der Waals surface area contributed by atoms with Gasteiger partial charge in [0, 0.05) is 57.2 Å². The van der Waals surface area contributed by atoms with E-state index in [9.17, 15) is 5.11 Å². The molecule has 8 nitrogen and oxygen atoms in total. The van der Waals surface area contributed by atoms with Crippen LogP contribution in [0.3, 0.4) is 0 Å². The van der Waals surface area contributed by atoms with E-state index in [2.05, 4.69) is 20.4 Å². The second kappa shape index (κ2) is 9.21. The van der Waals surface area contributed by atoms with Gasteiger partial charge in [0.05, 0.1) is 35.5 Å². The molecule has 0 radical (unpaired) electrons. The molecule has 2 aromatic carbocycles. The van der Waals surface area contributed by atoms with E-state index in [4.69, 9.17) is 13.9 Å². The van der Waals surface area contributed by atoms with E-state index in [1.165, 1.54) is 0 Å². The zero-order valence-corrected chi connectivity index (χ0v) is 19.0. The van der Waals surface area contributed by atoms with Crippen LogP contribution in [0.4, 0.5) is 5.69 Å². The molecule has 34 heavy (non-hydrogen) atoms. The van der Waals surface area contributed by atoms with Crippen molar-refractivity contribution in [1.82, 2.24) is 10.2 Å². The highest BCUT2D eigenvalue weighted by molar-refractivity contribution is 5.95. The fraction of sp³-hybridized carbons (Fsp3) is 0.385. The van der Waals surface area contributed by atoms with Crippen molar-refractivity contribution in [2.45, 2.75) is 25.5 Å². The van der Waals surface area contributed by atoms with Gasteiger partial charge in [-0.25, -0.2) is 0 Å². The van der Waals surface area contributed by atoms with Crippen LogP contribution < -0.4 is 10.1 Å². The third-order valence-electron chi connectivity index (χ3n) is 6.68. The molecule has 0 amide bonds. The SMILES string of the molecule is Oc1c(C=C2N=Nc3ccccc32)oc2c(CN3CCNCC3)c(OC3CCOCC3)ccc12. The zero-order chi connectivity index (χ0) is 22.9. The molecular formula is C26H28N4O4. The average molecular weight is 461 g/mol. The van der Waals surface area contributed by atoms with Gasteiger partial charge in [-0.1, -0.05) is 18.2 Å². The third-order valence-corrected chi connectivity index (χ3v) is 6.68. The highest BCUT2D eigenvalue weighted by Gasteiger charge is 2.25. The number of ether oxygens (including phenoxy) is 2. The van der Waals surface area contributed by atoms with E-state index < -0.39 is 0 Å². The summed E-state index contributed by atoms with van der Waals surface area (Å²) in [5, 5.41) is 23.6. The number of nitrogens with zero attached hydrogens (tertiary/aromatic N) is 3. The third kappa shape index (κ3) is 4.09. The van der Waals surface area contributed by atoms with Gasteiger partial charge in [-0.3, -0.25) is 4.90 Å². The Morgan fingerprint density at radius 1 is 1.09 bits per heavy atom. The molecule has 0 unspecified atom stereocenters. The number of furan rings is 1. The number of rotatable bonds is 5. The Kier molecular flexibility index (Phi) is 5.78. The van der Waals surface area contributed by atoms with E-state index in [0.29, 0.717) is 29.0 Å². The summed E-state index contributed by atoms with van der Waals surface area (Å²) in [7, 11) is 0. The maximum atomic E-state index is 11.0. The molecule has 0 atom stereocenters. The minimum atomic E-state index is 0.112. The highest BCUT2D eigenvalue weighted by Crippen LogP contribution is 2.42. The van der Waals surface area contributed by atoms with Gasteiger partial charge in [0.1, 0.15) is 17.4 Å². The smallest absolute Gasteiger partial charge is 0.172 e. The van der Waals surface area contributed by atoms with Crippen molar-refractivity contribution in [3.05, 3.63) is 53.3 Å². The normalized spacial score (nSPS) is 20.3. The van der Waals surface area contributed by atoms with E-state index in [0.717, 1.165) is 74.8 Å². The van der Waals surface area contributed by atoms with Crippen molar-refractivity contribution < 1.29 is 19.0 Å². The molecule has 0 bridgehead atoms. The summed E-state index contributed by atoms with van der Waals surface area (Å²) in [4.78, 5) is 2.39. The molecule has 6 rings (SSSR count). The molecule has 3 aliphatic rings. The number of aromatic hydroxyl groups is 1.